The number of ether oxygens (including phenoxy) is 1. The number of nitrogens with one attached hydrogen (secondary N) is 1. The van der Waals surface area contributed by atoms with E-state index < -0.39 is 12.1 Å². The minimum atomic E-state index is -0.613. The molecule has 5 rings (SSSR count). The predicted molar refractivity (Wildman–Crippen MR) is 150 cm³/mol. The van der Waals surface area contributed by atoms with Gasteiger partial charge in [0.15, 0.2) is 0 Å². The number of hydrogen-bond acceptors (Lipinski definition) is 4. The van der Waals surface area contributed by atoms with Crippen LogP contribution in [-0.4, -0.2) is 35.3 Å². The van der Waals surface area contributed by atoms with Crippen molar-refractivity contribution in [3.63, 3.8) is 0 Å². The Bertz CT molecular complexity index is 1410. The van der Waals surface area contributed by atoms with Crippen molar-refractivity contribution in [2.24, 2.45) is 5.73 Å². The fraction of sp³-hybridized carbons (Fsp3) is 0.250. The Hall–Kier alpha value is -4.16. The Morgan fingerprint density at radius 2 is 1.53 bits per heavy atom. The quantitative estimate of drug-likeness (QED) is 0.289. The summed E-state index contributed by atoms with van der Waals surface area (Å²) in [5, 5.41) is 5.28. The number of piperazine rings is 1. The first kappa shape index (κ1) is 25.5. The lowest BCUT2D eigenvalue weighted by Gasteiger charge is -2.39. The molecule has 194 valence electrons. The second-order valence-corrected chi connectivity index (χ2v) is 9.78. The summed E-state index contributed by atoms with van der Waals surface area (Å²) in [5.74, 6) is 1.26. The van der Waals surface area contributed by atoms with Gasteiger partial charge in [-0.1, -0.05) is 72.8 Å². The zero-order valence-electron chi connectivity index (χ0n) is 21.4. The van der Waals surface area contributed by atoms with Gasteiger partial charge in [-0.2, -0.15) is 0 Å². The van der Waals surface area contributed by atoms with Crippen molar-refractivity contribution in [1.82, 2.24) is 10.2 Å². The van der Waals surface area contributed by atoms with Crippen LogP contribution in [0.4, 0.5) is 0 Å². The van der Waals surface area contributed by atoms with E-state index in [2.05, 4.69) is 29.6 Å². The second kappa shape index (κ2) is 11.9. The molecule has 0 spiro atoms. The number of hydrogen-bond donors (Lipinski definition) is 2. The van der Waals surface area contributed by atoms with E-state index >= 15 is 0 Å². The summed E-state index contributed by atoms with van der Waals surface area (Å²) in [4.78, 5) is 28.9. The van der Waals surface area contributed by atoms with Crippen molar-refractivity contribution in [2.45, 2.75) is 44.3 Å². The molecule has 38 heavy (non-hydrogen) atoms. The van der Waals surface area contributed by atoms with Crippen molar-refractivity contribution in [3.05, 3.63) is 108 Å². The van der Waals surface area contributed by atoms with Gasteiger partial charge in [0.2, 0.25) is 11.8 Å². The number of unbranched alkanes of at least 4 members (excludes halogenated alkanes) is 1. The van der Waals surface area contributed by atoms with Crippen LogP contribution in [0.2, 0.25) is 0 Å². The number of para-hydroxylation sites is 1. The lowest BCUT2D eigenvalue weighted by Crippen LogP contribution is -2.63. The van der Waals surface area contributed by atoms with Crippen LogP contribution >= 0.6 is 0 Å². The van der Waals surface area contributed by atoms with Crippen molar-refractivity contribution in [2.75, 3.05) is 6.54 Å². The molecule has 0 unspecified atom stereocenters. The highest BCUT2D eigenvalue weighted by molar-refractivity contribution is 5.97. The molecule has 1 aliphatic rings. The van der Waals surface area contributed by atoms with Crippen LogP contribution in [0.15, 0.2) is 97.1 Å². The maximum Gasteiger partial charge on any atom is 0.246 e. The summed E-state index contributed by atoms with van der Waals surface area (Å²) in [5.41, 5.74) is 7.62. The molecule has 2 amide bonds. The largest absolute Gasteiger partial charge is 0.457 e. The molecule has 1 fully saturated rings. The molecule has 2 atom stereocenters. The van der Waals surface area contributed by atoms with Crippen LogP contribution in [0, 0.1) is 0 Å². The molecule has 0 aliphatic carbocycles. The highest BCUT2D eigenvalue weighted by Gasteiger charge is 2.40. The van der Waals surface area contributed by atoms with Crippen LogP contribution < -0.4 is 15.8 Å². The Kier molecular flexibility index (Phi) is 8.00. The number of carbonyl (C=O) groups excluding carboxylic acids is 2. The van der Waals surface area contributed by atoms with E-state index in [-0.39, 0.29) is 11.8 Å². The maximum absolute atomic E-state index is 13.8. The lowest BCUT2D eigenvalue weighted by molar-refractivity contribution is -0.150. The van der Waals surface area contributed by atoms with Gasteiger partial charge in [0, 0.05) is 13.0 Å². The van der Waals surface area contributed by atoms with E-state index in [9.17, 15) is 9.59 Å². The maximum atomic E-state index is 13.8. The Balaban J connectivity index is 1.37. The molecular formula is C32H33N3O3. The molecule has 0 radical (unpaired) electrons. The molecule has 0 saturated carbocycles. The van der Waals surface area contributed by atoms with E-state index in [1.165, 1.54) is 0 Å². The van der Waals surface area contributed by atoms with E-state index in [1.54, 1.807) is 4.90 Å². The third-order valence-electron chi connectivity index (χ3n) is 6.99. The predicted octanol–water partition coefficient (Wildman–Crippen LogP) is 5.20. The van der Waals surface area contributed by atoms with Gasteiger partial charge in [0.05, 0.1) is 0 Å². The molecule has 4 aromatic rings. The first-order valence-corrected chi connectivity index (χ1v) is 13.2. The van der Waals surface area contributed by atoms with Crippen LogP contribution in [0.25, 0.3) is 10.8 Å². The number of benzene rings is 4. The molecule has 0 bridgehead atoms. The normalized spacial score (nSPS) is 17.4. The van der Waals surface area contributed by atoms with Crippen molar-refractivity contribution < 1.29 is 14.3 Å². The molecule has 3 N–H and O–H groups in total. The molecule has 1 saturated heterocycles. The summed E-state index contributed by atoms with van der Waals surface area (Å²) in [6.45, 7) is 0.894. The third-order valence-corrected chi connectivity index (χ3v) is 6.99. The lowest BCUT2D eigenvalue weighted by atomic mass is 9.96. The zero-order chi connectivity index (χ0) is 26.3. The van der Waals surface area contributed by atoms with Crippen molar-refractivity contribution in [1.29, 1.82) is 0 Å². The highest BCUT2D eigenvalue weighted by atomic mass is 16.5. The average Bonchev–Trinajstić information content (AvgIpc) is 2.94. The molecule has 0 aromatic heterocycles. The van der Waals surface area contributed by atoms with Gasteiger partial charge in [-0.25, -0.2) is 0 Å². The number of nitrogens with zero attached hydrogens (tertiary/aromatic N) is 1. The number of rotatable bonds is 10. The average molecular weight is 508 g/mol. The Morgan fingerprint density at radius 3 is 2.34 bits per heavy atom. The van der Waals surface area contributed by atoms with E-state index in [0.717, 1.165) is 40.5 Å². The van der Waals surface area contributed by atoms with E-state index in [1.807, 2.05) is 72.8 Å². The smallest absolute Gasteiger partial charge is 0.246 e. The van der Waals surface area contributed by atoms with Crippen LogP contribution in [-0.2, 0) is 22.6 Å². The third kappa shape index (κ3) is 6.03. The number of carbonyl (C=O) groups is 2. The molecule has 6 nitrogen and oxygen atoms in total. The van der Waals surface area contributed by atoms with Crippen LogP contribution in [0.1, 0.15) is 30.4 Å². The minimum absolute atomic E-state index is 0.0649. The Morgan fingerprint density at radius 1 is 0.763 bits per heavy atom. The molecule has 1 heterocycles. The fourth-order valence-corrected chi connectivity index (χ4v) is 5.05. The summed E-state index contributed by atoms with van der Waals surface area (Å²) in [7, 11) is 0. The van der Waals surface area contributed by atoms with Gasteiger partial charge in [0.25, 0.3) is 0 Å². The topological polar surface area (TPSA) is 84.7 Å². The summed E-state index contributed by atoms with van der Waals surface area (Å²) < 4.78 is 6.00. The standard InChI is InChI=1S/C32H33N3O3/c33-18-7-6-15-30-31(36)34-29(21-23-16-17-25-10-4-5-11-26(25)19-23)32(37)35(30)22-24-9-8-14-28(20-24)38-27-12-2-1-3-13-27/h1-5,8-14,16-17,19-20,29-30H,6-7,15,18,21-22,33H2,(H,34,36)/t29-,30-/m0/s1. The highest BCUT2D eigenvalue weighted by Crippen LogP contribution is 2.26. The minimum Gasteiger partial charge on any atom is -0.457 e. The fourth-order valence-electron chi connectivity index (χ4n) is 5.05. The van der Waals surface area contributed by atoms with Gasteiger partial charge < -0.3 is 20.7 Å². The van der Waals surface area contributed by atoms with Crippen molar-refractivity contribution >= 4 is 22.6 Å². The molecule has 6 heteroatoms. The van der Waals surface area contributed by atoms with E-state index in [4.69, 9.17) is 10.5 Å². The molecule has 4 aromatic carbocycles. The first-order chi connectivity index (χ1) is 18.6. The van der Waals surface area contributed by atoms with Crippen LogP contribution in [0.3, 0.4) is 0 Å². The van der Waals surface area contributed by atoms with Gasteiger partial charge >= 0.3 is 0 Å². The van der Waals surface area contributed by atoms with Gasteiger partial charge in [-0.15, -0.1) is 0 Å². The Labute approximate surface area is 223 Å². The van der Waals surface area contributed by atoms with Gasteiger partial charge in [-0.05, 0) is 72.0 Å². The summed E-state index contributed by atoms with van der Waals surface area (Å²) in [6.07, 6.45) is 2.62. The summed E-state index contributed by atoms with van der Waals surface area (Å²) >= 11 is 0. The monoisotopic (exact) mass is 507 g/mol. The molecule has 1 aliphatic heterocycles. The van der Waals surface area contributed by atoms with E-state index in [0.29, 0.717) is 31.7 Å². The molecular weight excluding hydrogens is 474 g/mol. The SMILES string of the molecule is NCCCC[C@H]1C(=O)N[C@@H](Cc2ccc3ccccc3c2)C(=O)N1Cc1cccc(Oc2ccccc2)c1. The van der Waals surface area contributed by atoms with Gasteiger partial charge in [0.1, 0.15) is 23.6 Å². The number of amides is 2. The van der Waals surface area contributed by atoms with Gasteiger partial charge in [-0.3, -0.25) is 9.59 Å². The zero-order valence-corrected chi connectivity index (χ0v) is 21.4. The first-order valence-electron chi connectivity index (χ1n) is 13.2. The number of fused-ring (bicyclic) bond motifs is 1. The van der Waals surface area contributed by atoms with Crippen molar-refractivity contribution in [3.8, 4) is 11.5 Å². The van der Waals surface area contributed by atoms with Crippen LogP contribution in [0.5, 0.6) is 11.5 Å². The number of nitrogens with two attached hydrogens (primary N) is 1. The second-order valence-electron chi connectivity index (χ2n) is 9.78. The summed E-state index contributed by atoms with van der Waals surface area (Å²) in [6, 6.07) is 30.5.